The molecule has 0 aromatic heterocycles. The van der Waals surface area contributed by atoms with Gasteiger partial charge in [0.05, 0.1) is 6.04 Å². The molecule has 1 aromatic carbocycles. The molecule has 1 aromatic rings. The maximum atomic E-state index is 12.9. The van der Waals surface area contributed by atoms with Crippen LogP contribution < -0.4 is 0 Å². The second-order valence-electron chi connectivity index (χ2n) is 4.63. The molecular formula is C14H20FNO. The molecule has 0 unspecified atom stereocenters. The lowest BCUT2D eigenvalue weighted by Gasteiger charge is -2.25. The van der Waals surface area contributed by atoms with E-state index in [1.165, 1.54) is 12.1 Å². The van der Waals surface area contributed by atoms with Gasteiger partial charge in [0.1, 0.15) is 5.82 Å². The van der Waals surface area contributed by atoms with Crippen molar-refractivity contribution in [3.63, 3.8) is 0 Å². The molecular weight excluding hydrogens is 217 g/mol. The number of hydrogen-bond acceptors (Lipinski definition) is 2. The topological polar surface area (TPSA) is 20.3 Å². The Morgan fingerprint density at radius 2 is 1.82 bits per heavy atom. The largest absolute Gasteiger partial charge is 0.297 e. The lowest BCUT2D eigenvalue weighted by atomic mass is 9.92. The van der Waals surface area contributed by atoms with Crippen molar-refractivity contribution < 1.29 is 9.18 Å². The third kappa shape index (κ3) is 3.37. The monoisotopic (exact) mass is 237 g/mol. The second kappa shape index (κ2) is 5.92. The molecule has 0 aliphatic heterocycles. The van der Waals surface area contributed by atoms with Crippen LogP contribution in [0.25, 0.3) is 0 Å². The van der Waals surface area contributed by atoms with Gasteiger partial charge in [0, 0.05) is 5.92 Å². The third-order valence-electron chi connectivity index (χ3n) is 3.07. The van der Waals surface area contributed by atoms with E-state index in [9.17, 15) is 9.18 Å². The molecule has 3 heteroatoms. The van der Waals surface area contributed by atoms with E-state index in [2.05, 4.69) is 0 Å². The van der Waals surface area contributed by atoms with Crippen molar-refractivity contribution in [2.75, 3.05) is 14.1 Å². The molecule has 1 rings (SSSR count). The highest BCUT2D eigenvalue weighted by Gasteiger charge is 2.26. The molecule has 0 radical (unpaired) electrons. The zero-order chi connectivity index (χ0) is 13.0. The molecule has 0 bridgehead atoms. The standard InChI is InChI=1S/C14H20FNO/c1-5-10(2)14(17)13(16(3)4)11-6-8-12(15)9-7-11/h6-10,13H,5H2,1-4H3/t10-,13-/m1/s1. The van der Waals surface area contributed by atoms with Gasteiger partial charge >= 0.3 is 0 Å². The Hall–Kier alpha value is -1.22. The molecule has 0 amide bonds. The molecule has 0 aliphatic rings. The van der Waals surface area contributed by atoms with Crippen molar-refractivity contribution in [3.05, 3.63) is 35.6 Å². The number of Topliss-reactive ketones (excluding diaryl/α,β-unsaturated/α-hetero) is 1. The molecule has 0 spiro atoms. The quantitative estimate of drug-likeness (QED) is 0.784. The molecule has 0 heterocycles. The van der Waals surface area contributed by atoms with Crippen LogP contribution in [0.5, 0.6) is 0 Å². The van der Waals surface area contributed by atoms with Gasteiger partial charge in [-0.25, -0.2) is 4.39 Å². The van der Waals surface area contributed by atoms with Gasteiger partial charge in [-0.15, -0.1) is 0 Å². The lowest BCUT2D eigenvalue weighted by molar-refractivity contribution is -0.127. The average Bonchev–Trinajstić information content (AvgIpc) is 2.30. The maximum Gasteiger partial charge on any atom is 0.157 e. The van der Waals surface area contributed by atoms with E-state index >= 15 is 0 Å². The van der Waals surface area contributed by atoms with Gasteiger partial charge in [0.25, 0.3) is 0 Å². The van der Waals surface area contributed by atoms with Crippen LogP contribution in [0.4, 0.5) is 4.39 Å². The SMILES string of the molecule is CC[C@@H](C)C(=O)[C@@H](c1ccc(F)cc1)N(C)C. The summed E-state index contributed by atoms with van der Waals surface area (Å²) >= 11 is 0. The molecule has 0 saturated heterocycles. The highest BCUT2D eigenvalue weighted by molar-refractivity contribution is 5.87. The van der Waals surface area contributed by atoms with Gasteiger partial charge in [0.2, 0.25) is 0 Å². The van der Waals surface area contributed by atoms with Gasteiger partial charge in [0.15, 0.2) is 5.78 Å². The van der Waals surface area contributed by atoms with Crippen LogP contribution >= 0.6 is 0 Å². The Kier molecular flexibility index (Phi) is 4.82. The summed E-state index contributed by atoms with van der Waals surface area (Å²) in [6.45, 7) is 3.93. The summed E-state index contributed by atoms with van der Waals surface area (Å²) in [5, 5.41) is 0. The molecule has 94 valence electrons. The van der Waals surface area contributed by atoms with Crippen LogP contribution in [0.15, 0.2) is 24.3 Å². The van der Waals surface area contributed by atoms with Crippen molar-refractivity contribution in [2.45, 2.75) is 26.3 Å². The van der Waals surface area contributed by atoms with E-state index in [0.29, 0.717) is 0 Å². The molecule has 17 heavy (non-hydrogen) atoms. The normalized spacial score (nSPS) is 14.7. The van der Waals surface area contributed by atoms with Crippen molar-refractivity contribution in [1.82, 2.24) is 4.90 Å². The highest BCUT2D eigenvalue weighted by atomic mass is 19.1. The summed E-state index contributed by atoms with van der Waals surface area (Å²) in [6, 6.07) is 5.87. The third-order valence-corrected chi connectivity index (χ3v) is 3.07. The zero-order valence-electron chi connectivity index (χ0n) is 10.9. The second-order valence-corrected chi connectivity index (χ2v) is 4.63. The number of ketones is 1. The van der Waals surface area contributed by atoms with E-state index in [0.717, 1.165) is 12.0 Å². The minimum atomic E-state index is -0.287. The first-order valence-electron chi connectivity index (χ1n) is 5.93. The van der Waals surface area contributed by atoms with Crippen LogP contribution in [0.3, 0.4) is 0 Å². The Balaban J connectivity index is 3.01. The Labute approximate surface area is 102 Å². The minimum Gasteiger partial charge on any atom is -0.297 e. The summed E-state index contributed by atoms with van der Waals surface area (Å²) in [7, 11) is 3.74. The Bertz CT molecular complexity index is 372. The summed E-state index contributed by atoms with van der Waals surface area (Å²) in [6.07, 6.45) is 0.824. The predicted octanol–water partition coefficient (Wildman–Crippen LogP) is 3.04. The molecule has 2 atom stereocenters. The summed E-state index contributed by atoms with van der Waals surface area (Å²) < 4.78 is 12.9. The number of likely N-dealkylation sites (N-methyl/N-ethyl adjacent to an activating group) is 1. The fourth-order valence-electron chi connectivity index (χ4n) is 1.83. The molecule has 0 fully saturated rings. The van der Waals surface area contributed by atoms with Gasteiger partial charge in [-0.2, -0.15) is 0 Å². The fraction of sp³-hybridized carbons (Fsp3) is 0.500. The Morgan fingerprint density at radius 3 is 2.24 bits per heavy atom. The summed E-state index contributed by atoms with van der Waals surface area (Å²) in [5.74, 6) is -0.0705. The zero-order valence-corrected chi connectivity index (χ0v) is 10.9. The first kappa shape index (κ1) is 13.8. The number of nitrogens with zero attached hydrogens (tertiary/aromatic N) is 1. The highest BCUT2D eigenvalue weighted by Crippen LogP contribution is 2.24. The number of hydrogen-bond donors (Lipinski definition) is 0. The summed E-state index contributed by atoms with van der Waals surface area (Å²) in [5.41, 5.74) is 0.849. The van der Waals surface area contributed by atoms with Crippen molar-refractivity contribution in [3.8, 4) is 0 Å². The van der Waals surface area contributed by atoms with Crippen LogP contribution in [-0.2, 0) is 4.79 Å². The van der Waals surface area contributed by atoms with Crippen LogP contribution in [0, 0.1) is 11.7 Å². The number of rotatable bonds is 5. The van der Waals surface area contributed by atoms with Gasteiger partial charge in [-0.3, -0.25) is 9.69 Å². The summed E-state index contributed by atoms with van der Waals surface area (Å²) in [4.78, 5) is 14.1. The van der Waals surface area contributed by atoms with E-state index in [-0.39, 0.29) is 23.6 Å². The average molecular weight is 237 g/mol. The van der Waals surface area contributed by atoms with Gasteiger partial charge in [-0.1, -0.05) is 26.0 Å². The van der Waals surface area contributed by atoms with E-state index < -0.39 is 0 Å². The molecule has 0 N–H and O–H groups in total. The van der Waals surface area contributed by atoms with Crippen molar-refractivity contribution in [2.24, 2.45) is 5.92 Å². The first-order chi connectivity index (χ1) is 7.97. The van der Waals surface area contributed by atoms with Crippen LogP contribution in [-0.4, -0.2) is 24.8 Å². The molecule has 2 nitrogen and oxygen atoms in total. The Morgan fingerprint density at radius 1 is 1.29 bits per heavy atom. The van der Waals surface area contributed by atoms with E-state index in [1.807, 2.05) is 32.8 Å². The molecule has 0 aliphatic carbocycles. The van der Waals surface area contributed by atoms with E-state index in [1.54, 1.807) is 12.1 Å². The fourth-order valence-corrected chi connectivity index (χ4v) is 1.83. The minimum absolute atomic E-state index is 0.0208. The molecule has 0 saturated carbocycles. The van der Waals surface area contributed by atoms with E-state index in [4.69, 9.17) is 0 Å². The van der Waals surface area contributed by atoms with Crippen molar-refractivity contribution in [1.29, 1.82) is 0 Å². The van der Waals surface area contributed by atoms with Gasteiger partial charge in [-0.05, 0) is 38.2 Å². The predicted molar refractivity (Wildman–Crippen MR) is 67.3 cm³/mol. The number of carbonyl (C=O) groups is 1. The maximum absolute atomic E-state index is 12.9. The number of carbonyl (C=O) groups excluding carboxylic acids is 1. The number of benzene rings is 1. The smallest absolute Gasteiger partial charge is 0.157 e. The van der Waals surface area contributed by atoms with Crippen LogP contribution in [0.2, 0.25) is 0 Å². The lowest BCUT2D eigenvalue weighted by Crippen LogP contribution is -2.31. The van der Waals surface area contributed by atoms with Crippen molar-refractivity contribution >= 4 is 5.78 Å². The van der Waals surface area contributed by atoms with Crippen LogP contribution in [0.1, 0.15) is 31.9 Å². The van der Waals surface area contributed by atoms with Gasteiger partial charge < -0.3 is 0 Å². The first-order valence-corrected chi connectivity index (χ1v) is 5.93. The number of halogens is 1.